The van der Waals surface area contributed by atoms with Gasteiger partial charge in [0.05, 0.1) is 0 Å². The average molecular weight is 621 g/mol. The molecule has 0 aliphatic carbocycles. The van der Waals surface area contributed by atoms with Crippen LogP contribution in [0.15, 0.2) is 97.1 Å². The molecule has 0 radical (unpaired) electrons. The Bertz CT molecular complexity index is 1270. The molecule has 0 amide bonds. The molecule has 0 bridgehead atoms. The highest BCUT2D eigenvalue weighted by Crippen LogP contribution is 2.17. The summed E-state index contributed by atoms with van der Waals surface area (Å²) in [4.78, 5) is 0. The molecule has 46 heavy (non-hydrogen) atoms. The molecule has 252 valence electrons. The molecule has 0 spiro atoms. The second-order valence-corrected chi connectivity index (χ2v) is 14.0. The van der Waals surface area contributed by atoms with E-state index in [4.69, 9.17) is 0 Å². The predicted octanol–water partition coefficient (Wildman–Crippen LogP) is 14.4. The summed E-state index contributed by atoms with van der Waals surface area (Å²) < 4.78 is 0. The van der Waals surface area contributed by atoms with Gasteiger partial charge >= 0.3 is 0 Å². The second kappa shape index (κ2) is 23.2. The first-order valence-corrected chi connectivity index (χ1v) is 18.2. The fourth-order valence-corrected chi connectivity index (χ4v) is 4.90. The summed E-state index contributed by atoms with van der Waals surface area (Å²) in [5, 5.41) is 0. The van der Waals surface area contributed by atoms with Crippen molar-refractivity contribution in [1.82, 2.24) is 0 Å². The molecule has 4 aromatic rings. The second-order valence-electron chi connectivity index (χ2n) is 14.0. The normalized spacial score (nSPS) is 10.6. The number of rotatable bonds is 10. The highest BCUT2D eigenvalue weighted by Gasteiger charge is 2.00. The topological polar surface area (TPSA) is 0 Å². The van der Waals surface area contributed by atoms with E-state index in [1.54, 1.807) is 0 Å². The van der Waals surface area contributed by atoms with Gasteiger partial charge in [-0.25, -0.2) is 0 Å². The van der Waals surface area contributed by atoms with Gasteiger partial charge in [0.25, 0.3) is 0 Å². The Morgan fingerprint density at radius 3 is 0.957 bits per heavy atom. The first kappa shape index (κ1) is 40.9. The van der Waals surface area contributed by atoms with Crippen molar-refractivity contribution >= 4 is 0 Å². The fraction of sp³-hybridized carbons (Fsp3) is 0.478. The average Bonchev–Trinajstić information content (AvgIpc) is 3.05. The van der Waals surface area contributed by atoms with Crippen molar-refractivity contribution in [1.29, 1.82) is 0 Å². The summed E-state index contributed by atoms with van der Waals surface area (Å²) in [7, 11) is 0. The summed E-state index contributed by atoms with van der Waals surface area (Å²) in [6.07, 6.45) is 7.40. The lowest BCUT2D eigenvalue weighted by Crippen LogP contribution is -1.89. The summed E-state index contributed by atoms with van der Waals surface area (Å²) in [6.45, 7) is 26.6. The maximum Gasteiger partial charge on any atom is -0.0219 e. The minimum Gasteiger partial charge on any atom is -0.0654 e. The van der Waals surface area contributed by atoms with Crippen LogP contribution in [0.2, 0.25) is 0 Å². The zero-order valence-corrected chi connectivity index (χ0v) is 31.8. The van der Waals surface area contributed by atoms with E-state index in [0.29, 0.717) is 23.7 Å². The molecule has 0 fully saturated rings. The van der Waals surface area contributed by atoms with Crippen LogP contribution in [0.1, 0.15) is 164 Å². The van der Waals surface area contributed by atoms with Gasteiger partial charge in [0.1, 0.15) is 0 Å². The van der Waals surface area contributed by atoms with Crippen LogP contribution >= 0.6 is 0 Å². The van der Waals surface area contributed by atoms with E-state index < -0.39 is 0 Å². The molecular formula is C46H68. The van der Waals surface area contributed by atoms with Gasteiger partial charge in [-0.1, -0.05) is 192 Å². The Morgan fingerprint density at radius 2 is 0.674 bits per heavy atom. The van der Waals surface area contributed by atoms with E-state index in [1.165, 1.54) is 76.6 Å². The smallest absolute Gasteiger partial charge is 0.0219 e. The molecule has 0 saturated carbocycles. The molecule has 0 N–H and O–H groups in total. The number of unbranched alkanes of at least 4 members (excludes halogenated alkanes) is 1. The third-order valence-corrected chi connectivity index (χ3v) is 8.45. The van der Waals surface area contributed by atoms with E-state index in [0.717, 1.165) is 6.42 Å². The molecule has 4 rings (SSSR count). The Kier molecular flexibility index (Phi) is 20.7. The van der Waals surface area contributed by atoms with Gasteiger partial charge in [-0.15, -0.1) is 0 Å². The SMILES string of the molecule is CCCCc1ccc(C(C)C)cc1.CCCc1ccc(C(C)C)cc1.CCc1ccc(C(C)C)cc1.Cc1ccc(C(C)C)cc1. The predicted molar refractivity (Wildman–Crippen MR) is 209 cm³/mol. The highest BCUT2D eigenvalue weighted by molar-refractivity contribution is 5.26. The third kappa shape index (κ3) is 17.0. The Hall–Kier alpha value is -3.12. The Balaban J connectivity index is 0.000000308. The monoisotopic (exact) mass is 621 g/mol. The lowest BCUT2D eigenvalue weighted by atomic mass is 10.00. The van der Waals surface area contributed by atoms with Crippen LogP contribution in [0.4, 0.5) is 0 Å². The number of aryl methyl sites for hydroxylation is 4. The molecule has 0 atom stereocenters. The molecule has 0 aliphatic heterocycles. The molecule has 0 aliphatic rings. The van der Waals surface area contributed by atoms with Crippen LogP contribution in [-0.4, -0.2) is 0 Å². The van der Waals surface area contributed by atoms with Crippen LogP contribution < -0.4 is 0 Å². The first-order chi connectivity index (χ1) is 21.9. The van der Waals surface area contributed by atoms with Crippen molar-refractivity contribution < 1.29 is 0 Å². The molecule has 4 aromatic carbocycles. The van der Waals surface area contributed by atoms with Gasteiger partial charge in [0.2, 0.25) is 0 Å². The number of hydrogen-bond donors (Lipinski definition) is 0. The van der Waals surface area contributed by atoms with Gasteiger partial charge in [-0.2, -0.15) is 0 Å². The standard InChI is InChI=1S/C13H20.C12H18.C11H16.C10H14/c1-4-5-6-12-7-9-13(10-8-12)11(2)3;1-4-5-11-6-8-12(9-7-11)10(2)3;1-4-10-5-7-11(8-6-10)9(2)3;1-8(2)10-6-4-9(3)5-7-10/h7-11H,4-6H2,1-3H3;6-10H,4-5H2,1-3H3;5-9H,4H2,1-3H3;4-8H,1-3H3. The first-order valence-electron chi connectivity index (χ1n) is 18.2. The zero-order chi connectivity index (χ0) is 34.5. The quantitative estimate of drug-likeness (QED) is 0.165. The van der Waals surface area contributed by atoms with Crippen LogP contribution in [0.5, 0.6) is 0 Å². The van der Waals surface area contributed by atoms with E-state index in [-0.39, 0.29) is 0 Å². The number of hydrogen-bond acceptors (Lipinski definition) is 0. The minimum atomic E-state index is 0.653. The molecule has 0 aromatic heterocycles. The molecule has 0 saturated heterocycles. The molecule has 0 heterocycles. The zero-order valence-electron chi connectivity index (χ0n) is 31.8. The van der Waals surface area contributed by atoms with Crippen molar-refractivity contribution in [3.05, 3.63) is 142 Å². The third-order valence-electron chi connectivity index (χ3n) is 8.45. The van der Waals surface area contributed by atoms with E-state index in [2.05, 4.69) is 180 Å². The summed E-state index contributed by atoms with van der Waals surface area (Å²) >= 11 is 0. The summed E-state index contributed by atoms with van der Waals surface area (Å²) in [6, 6.07) is 35.6. The Morgan fingerprint density at radius 1 is 0.370 bits per heavy atom. The lowest BCUT2D eigenvalue weighted by molar-refractivity contribution is 0.793. The van der Waals surface area contributed by atoms with Crippen LogP contribution in [0.25, 0.3) is 0 Å². The Labute approximate surface area is 286 Å². The summed E-state index contributed by atoms with van der Waals surface area (Å²) in [5.74, 6) is 2.61. The van der Waals surface area contributed by atoms with E-state index in [1.807, 2.05) is 0 Å². The lowest BCUT2D eigenvalue weighted by Gasteiger charge is -2.06. The van der Waals surface area contributed by atoms with Crippen molar-refractivity contribution in [2.24, 2.45) is 0 Å². The maximum absolute atomic E-state index is 2.27. The molecular weight excluding hydrogens is 553 g/mol. The van der Waals surface area contributed by atoms with Crippen LogP contribution in [-0.2, 0) is 19.3 Å². The van der Waals surface area contributed by atoms with Gasteiger partial charge in [0, 0.05) is 0 Å². The molecule has 0 nitrogen and oxygen atoms in total. The van der Waals surface area contributed by atoms with Gasteiger partial charge in [-0.05, 0) is 95.2 Å². The molecule has 0 heteroatoms. The van der Waals surface area contributed by atoms with Crippen molar-refractivity contribution in [3.8, 4) is 0 Å². The van der Waals surface area contributed by atoms with Gasteiger partial charge in [0.15, 0.2) is 0 Å². The highest BCUT2D eigenvalue weighted by atomic mass is 14.1. The minimum absolute atomic E-state index is 0.653. The van der Waals surface area contributed by atoms with Crippen molar-refractivity contribution in [3.63, 3.8) is 0 Å². The number of benzene rings is 4. The van der Waals surface area contributed by atoms with Gasteiger partial charge in [-0.3, -0.25) is 0 Å². The van der Waals surface area contributed by atoms with E-state index in [9.17, 15) is 0 Å². The fourth-order valence-electron chi connectivity index (χ4n) is 4.90. The summed E-state index contributed by atoms with van der Waals surface area (Å²) in [5.41, 5.74) is 11.4. The van der Waals surface area contributed by atoms with E-state index >= 15 is 0 Å². The maximum atomic E-state index is 2.27. The van der Waals surface area contributed by atoms with Crippen molar-refractivity contribution in [2.75, 3.05) is 0 Å². The van der Waals surface area contributed by atoms with Crippen molar-refractivity contribution in [2.45, 2.75) is 145 Å². The molecule has 0 unspecified atom stereocenters. The largest absolute Gasteiger partial charge is 0.0654 e. The van der Waals surface area contributed by atoms with Crippen LogP contribution in [0, 0.1) is 6.92 Å². The van der Waals surface area contributed by atoms with Gasteiger partial charge < -0.3 is 0 Å². The van der Waals surface area contributed by atoms with Crippen LogP contribution in [0.3, 0.4) is 0 Å².